The Hall–Kier alpha value is -5.02. The number of aliphatic imine (C=N–C) groups is 1. The molecule has 0 bridgehead atoms. The van der Waals surface area contributed by atoms with E-state index < -0.39 is 18.2 Å². The molecule has 16 heteroatoms. The molecule has 2 aromatic carbocycles. The van der Waals surface area contributed by atoms with Crippen molar-refractivity contribution in [3.63, 3.8) is 0 Å². The largest absolute Gasteiger partial charge is 0.493 e. The molecule has 5 N–H and O–H groups in total. The first kappa shape index (κ1) is 36.4. The molecule has 2 aliphatic rings. The summed E-state index contributed by atoms with van der Waals surface area (Å²) in [6.07, 6.45) is 1.22. The fourth-order valence-electron chi connectivity index (χ4n) is 5.01. The van der Waals surface area contributed by atoms with Crippen molar-refractivity contribution in [3.05, 3.63) is 59.2 Å². The Labute approximate surface area is 269 Å². The molecule has 1 heterocycles. The van der Waals surface area contributed by atoms with Crippen molar-refractivity contribution in [3.8, 4) is 11.5 Å². The SMILES string of the molecule is COc1ccc(CC(=O)NC(N)=N[C@H](CC2CCCCC2)C(=O)NCc2ccc(C3=NN=NC3)cc2)cc1OC.O=C(O)C(F)(F)F. The number of carbonyl (C=O) groups is 3. The van der Waals surface area contributed by atoms with Gasteiger partial charge in [-0.15, -0.1) is 5.10 Å². The summed E-state index contributed by atoms with van der Waals surface area (Å²) in [5.41, 5.74) is 9.58. The third-order valence-corrected chi connectivity index (χ3v) is 7.40. The number of carboxylic acid groups (broad SMARTS) is 1. The molecule has 4 rings (SSSR count). The number of nitrogens with two attached hydrogens (primary N) is 1. The Morgan fingerprint density at radius 3 is 2.23 bits per heavy atom. The van der Waals surface area contributed by atoms with Gasteiger partial charge in [-0.3, -0.25) is 14.9 Å². The smallest absolute Gasteiger partial charge is 0.490 e. The van der Waals surface area contributed by atoms with Crippen LogP contribution in [-0.2, 0) is 27.3 Å². The van der Waals surface area contributed by atoms with Gasteiger partial charge in [-0.1, -0.05) is 62.4 Å². The van der Waals surface area contributed by atoms with Crippen LogP contribution >= 0.6 is 0 Å². The van der Waals surface area contributed by atoms with Crippen LogP contribution < -0.4 is 25.8 Å². The van der Waals surface area contributed by atoms with Crippen LogP contribution in [0.4, 0.5) is 13.2 Å². The van der Waals surface area contributed by atoms with E-state index in [0.29, 0.717) is 36.9 Å². The number of hydrogen-bond acceptors (Lipinski definition) is 9. The zero-order valence-electron chi connectivity index (χ0n) is 26.0. The Bertz CT molecular complexity index is 1470. The summed E-state index contributed by atoms with van der Waals surface area (Å²) in [6.45, 7) is 0.825. The zero-order chi connectivity index (χ0) is 34.4. The first-order valence-corrected chi connectivity index (χ1v) is 14.8. The molecule has 1 atom stereocenters. The Balaban J connectivity index is 0.000000771. The number of nitrogens with zero attached hydrogens (tertiary/aromatic N) is 4. The normalized spacial score (nSPS) is 15.5. The van der Waals surface area contributed by atoms with Gasteiger partial charge >= 0.3 is 12.1 Å². The van der Waals surface area contributed by atoms with Crippen LogP contribution in [0.15, 0.2) is 62.9 Å². The molecule has 0 radical (unpaired) electrons. The molecule has 0 spiro atoms. The quantitative estimate of drug-likeness (QED) is 0.206. The predicted octanol–water partition coefficient (Wildman–Crippen LogP) is 4.14. The van der Waals surface area contributed by atoms with Gasteiger partial charge in [-0.2, -0.15) is 18.3 Å². The summed E-state index contributed by atoms with van der Waals surface area (Å²) in [5.74, 6) is -1.87. The molecule has 1 aliphatic carbocycles. The van der Waals surface area contributed by atoms with Crippen LogP contribution in [0.5, 0.6) is 11.5 Å². The van der Waals surface area contributed by atoms with Crippen molar-refractivity contribution in [2.45, 2.75) is 63.7 Å². The summed E-state index contributed by atoms with van der Waals surface area (Å²) < 4.78 is 42.3. The van der Waals surface area contributed by atoms with Crippen LogP contribution in [0.2, 0.25) is 0 Å². The van der Waals surface area contributed by atoms with Crippen LogP contribution in [0.1, 0.15) is 55.2 Å². The molecule has 1 fully saturated rings. The summed E-state index contributed by atoms with van der Waals surface area (Å²) in [4.78, 5) is 39.3. The molecule has 47 heavy (non-hydrogen) atoms. The van der Waals surface area contributed by atoms with Gasteiger partial charge in [0.1, 0.15) is 12.6 Å². The number of alkyl halides is 3. The molecule has 254 valence electrons. The average molecular weight is 662 g/mol. The summed E-state index contributed by atoms with van der Waals surface area (Å²) in [7, 11) is 3.09. The number of guanidine groups is 1. The maximum absolute atomic E-state index is 13.3. The number of halogens is 3. The van der Waals surface area contributed by atoms with Gasteiger partial charge in [0.05, 0.1) is 26.4 Å². The van der Waals surface area contributed by atoms with E-state index in [1.807, 2.05) is 24.3 Å². The van der Waals surface area contributed by atoms with E-state index in [1.54, 1.807) is 25.3 Å². The molecule has 13 nitrogen and oxygen atoms in total. The number of carboxylic acids is 1. The predicted molar refractivity (Wildman–Crippen MR) is 166 cm³/mol. The minimum Gasteiger partial charge on any atom is -0.493 e. The van der Waals surface area contributed by atoms with E-state index in [1.165, 1.54) is 13.5 Å². The van der Waals surface area contributed by atoms with Crippen LogP contribution in [0, 0.1) is 5.92 Å². The highest BCUT2D eigenvalue weighted by Crippen LogP contribution is 2.29. The number of methoxy groups -OCH3 is 2. The highest BCUT2D eigenvalue weighted by atomic mass is 19.4. The third kappa shape index (κ3) is 12.0. The molecule has 2 aromatic rings. The molecule has 1 saturated carbocycles. The first-order valence-electron chi connectivity index (χ1n) is 14.8. The maximum Gasteiger partial charge on any atom is 0.490 e. The lowest BCUT2D eigenvalue weighted by Crippen LogP contribution is -2.42. The fourth-order valence-corrected chi connectivity index (χ4v) is 5.01. The number of ether oxygens (including phenoxy) is 2. The monoisotopic (exact) mass is 661 g/mol. The minimum absolute atomic E-state index is 0.0701. The maximum atomic E-state index is 13.3. The molecule has 2 amide bonds. The molecule has 1 aliphatic heterocycles. The standard InChI is InChI=1S/C29H37N7O4.C2HF3O2/c1-39-25-13-10-21(15-26(25)40-2)16-27(37)34-29(30)33-23(14-19-6-4-3-5-7-19)28(38)31-17-20-8-11-22(12-9-20)24-18-32-36-35-24;3-2(4,5)1(6)7/h8-13,15,19,23H,3-7,14,16-18H2,1-2H3,(H,31,38)(H3,30,33,34,37);(H,6,7)/t23-;/m1./s1. The van der Waals surface area contributed by atoms with Crippen molar-refractivity contribution in [2.24, 2.45) is 32.1 Å². The number of rotatable bonds is 11. The zero-order valence-corrected chi connectivity index (χ0v) is 26.0. The van der Waals surface area contributed by atoms with Gasteiger partial charge in [-0.05, 0) is 46.4 Å². The average Bonchev–Trinajstić information content (AvgIpc) is 3.59. The summed E-state index contributed by atoms with van der Waals surface area (Å²) in [5, 5.41) is 24.3. The second kappa shape index (κ2) is 17.6. The first-order chi connectivity index (χ1) is 22.4. The van der Waals surface area contributed by atoms with Gasteiger partial charge in [0.25, 0.3) is 0 Å². The second-order valence-corrected chi connectivity index (χ2v) is 10.8. The van der Waals surface area contributed by atoms with Crippen molar-refractivity contribution >= 4 is 29.5 Å². The Kier molecular flexibility index (Phi) is 13.7. The number of aliphatic carboxylic acids is 1. The second-order valence-electron chi connectivity index (χ2n) is 10.8. The summed E-state index contributed by atoms with van der Waals surface area (Å²) in [6, 6.07) is 12.3. The van der Waals surface area contributed by atoms with Gasteiger partial charge in [0, 0.05) is 6.54 Å². The molecule has 0 saturated heterocycles. The minimum atomic E-state index is -5.08. The van der Waals surface area contributed by atoms with Crippen LogP contribution in [0.3, 0.4) is 0 Å². The lowest BCUT2D eigenvalue weighted by Gasteiger charge is -2.24. The van der Waals surface area contributed by atoms with Gasteiger partial charge in [-0.25, -0.2) is 9.79 Å². The fraction of sp³-hybridized carbons (Fsp3) is 0.452. The van der Waals surface area contributed by atoms with E-state index >= 15 is 0 Å². The van der Waals surface area contributed by atoms with E-state index in [4.69, 9.17) is 25.1 Å². The van der Waals surface area contributed by atoms with Crippen molar-refractivity contribution in [2.75, 3.05) is 20.8 Å². The van der Waals surface area contributed by atoms with Crippen molar-refractivity contribution < 1.29 is 42.1 Å². The lowest BCUT2D eigenvalue weighted by atomic mass is 9.84. The number of hydrogen-bond donors (Lipinski definition) is 4. The van der Waals surface area contributed by atoms with Gasteiger partial charge in [0.15, 0.2) is 17.5 Å². The number of nitrogens with one attached hydrogen (secondary N) is 2. The van der Waals surface area contributed by atoms with E-state index in [0.717, 1.165) is 48.1 Å². The third-order valence-electron chi connectivity index (χ3n) is 7.40. The van der Waals surface area contributed by atoms with Gasteiger partial charge < -0.3 is 25.6 Å². The molecular weight excluding hydrogens is 623 g/mol. The summed E-state index contributed by atoms with van der Waals surface area (Å²) >= 11 is 0. The highest BCUT2D eigenvalue weighted by Gasteiger charge is 2.38. The van der Waals surface area contributed by atoms with Crippen molar-refractivity contribution in [1.82, 2.24) is 10.6 Å². The molecule has 0 unspecified atom stereocenters. The Morgan fingerprint density at radius 2 is 1.66 bits per heavy atom. The van der Waals surface area contributed by atoms with Crippen LogP contribution in [0.25, 0.3) is 0 Å². The topological polar surface area (TPSA) is 189 Å². The molecular formula is C31H38F3N7O6. The number of carbonyl (C=O) groups excluding carboxylic acids is 2. The number of amides is 2. The van der Waals surface area contributed by atoms with E-state index in [-0.39, 0.29) is 24.2 Å². The number of benzene rings is 2. The molecule has 0 aromatic heterocycles. The van der Waals surface area contributed by atoms with Gasteiger partial charge in [0.2, 0.25) is 11.8 Å². The highest BCUT2D eigenvalue weighted by molar-refractivity contribution is 6.02. The van der Waals surface area contributed by atoms with E-state index in [9.17, 15) is 22.8 Å². The van der Waals surface area contributed by atoms with E-state index in [2.05, 4.69) is 31.1 Å². The lowest BCUT2D eigenvalue weighted by molar-refractivity contribution is -0.192. The van der Waals surface area contributed by atoms with Crippen LogP contribution in [-0.4, -0.2) is 67.5 Å². The Morgan fingerprint density at radius 1 is 1.02 bits per heavy atom. The van der Waals surface area contributed by atoms with Crippen molar-refractivity contribution in [1.29, 1.82) is 0 Å².